The molecule has 3 rings (SSSR count). The third-order valence-corrected chi connectivity index (χ3v) is 4.00. The van der Waals surface area contributed by atoms with Gasteiger partial charge in [-0.25, -0.2) is 0 Å². The first-order chi connectivity index (χ1) is 10.6. The number of aryl methyl sites for hydroxylation is 3. The summed E-state index contributed by atoms with van der Waals surface area (Å²) in [5.74, 6) is 0.0191. The van der Waals surface area contributed by atoms with Gasteiger partial charge in [0.05, 0.1) is 12.4 Å². The van der Waals surface area contributed by atoms with Crippen LogP contribution < -0.4 is 10.6 Å². The van der Waals surface area contributed by atoms with E-state index in [0.29, 0.717) is 6.54 Å². The third-order valence-electron chi connectivity index (χ3n) is 4.00. The summed E-state index contributed by atoms with van der Waals surface area (Å²) in [5, 5.41) is 14.8. The van der Waals surface area contributed by atoms with E-state index in [9.17, 15) is 4.79 Å². The van der Waals surface area contributed by atoms with E-state index in [1.165, 1.54) is 0 Å². The third kappa shape index (κ3) is 3.04. The molecule has 0 fully saturated rings. The Morgan fingerprint density at radius 2 is 2.32 bits per heavy atom. The number of aromatic nitrogens is 4. The summed E-state index contributed by atoms with van der Waals surface area (Å²) in [5.41, 5.74) is 3.29. The van der Waals surface area contributed by atoms with Crippen LogP contribution in [0.1, 0.15) is 29.3 Å². The topological polar surface area (TPSA) is 76.8 Å². The Balaban J connectivity index is 1.50. The molecule has 7 heteroatoms. The molecule has 0 bridgehead atoms. The predicted molar refractivity (Wildman–Crippen MR) is 82.2 cm³/mol. The van der Waals surface area contributed by atoms with Gasteiger partial charge in [0.1, 0.15) is 6.04 Å². The first-order valence-corrected chi connectivity index (χ1v) is 7.66. The van der Waals surface area contributed by atoms with Crippen molar-refractivity contribution in [1.82, 2.24) is 30.2 Å². The fourth-order valence-electron chi connectivity index (χ4n) is 2.85. The minimum absolute atomic E-state index is 0.0191. The molecule has 3 heterocycles. The van der Waals surface area contributed by atoms with E-state index >= 15 is 0 Å². The zero-order chi connectivity index (χ0) is 15.5. The van der Waals surface area contributed by atoms with E-state index in [2.05, 4.69) is 20.8 Å². The van der Waals surface area contributed by atoms with Crippen LogP contribution in [0.25, 0.3) is 0 Å². The molecule has 0 spiro atoms. The van der Waals surface area contributed by atoms with Gasteiger partial charge in [-0.15, -0.1) is 0 Å². The van der Waals surface area contributed by atoms with Gasteiger partial charge in [-0.1, -0.05) is 0 Å². The second-order valence-corrected chi connectivity index (χ2v) is 5.73. The SMILES string of the molecule is Cc1cnn(CCCNC(=O)C2NCCc3c2cnn3C)c1. The van der Waals surface area contributed by atoms with Gasteiger partial charge in [0.2, 0.25) is 5.91 Å². The van der Waals surface area contributed by atoms with Crippen LogP contribution in [0, 0.1) is 6.92 Å². The van der Waals surface area contributed by atoms with Crippen molar-refractivity contribution in [2.45, 2.75) is 32.4 Å². The zero-order valence-corrected chi connectivity index (χ0v) is 13.0. The van der Waals surface area contributed by atoms with Crippen molar-refractivity contribution in [3.63, 3.8) is 0 Å². The van der Waals surface area contributed by atoms with Crippen LogP contribution in [0.15, 0.2) is 18.6 Å². The van der Waals surface area contributed by atoms with Crippen LogP contribution in [0.2, 0.25) is 0 Å². The highest BCUT2D eigenvalue weighted by atomic mass is 16.2. The average Bonchev–Trinajstić information content (AvgIpc) is 3.10. The highest BCUT2D eigenvalue weighted by Gasteiger charge is 2.28. The van der Waals surface area contributed by atoms with Gasteiger partial charge in [-0.3, -0.25) is 14.2 Å². The molecule has 2 N–H and O–H groups in total. The van der Waals surface area contributed by atoms with Crippen molar-refractivity contribution < 1.29 is 4.79 Å². The van der Waals surface area contributed by atoms with Gasteiger partial charge in [-0.2, -0.15) is 10.2 Å². The predicted octanol–water partition coefficient (Wildman–Crippen LogP) is 0.318. The normalized spacial score (nSPS) is 17.3. The monoisotopic (exact) mass is 302 g/mol. The Kier molecular flexibility index (Phi) is 4.24. The molecule has 0 saturated carbocycles. The van der Waals surface area contributed by atoms with E-state index in [-0.39, 0.29) is 11.9 Å². The first-order valence-electron chi connectivity index (χ1n) is 7.66. The number of amides is 1. The largest absolute Gasteiger partial charge is 0.354 e. The second kappa shape index (κ2) is 6.31. The summed E-state index contributed by atoms with van der Waals surface area (Å²) in [6.07, 6.45) is 7.41. The highest BCUT2D eigenvalue weighted by Crippen LogP contribution is 2.22. The summed E-state index contributed by atoms with van der Waals surface area (Å²) < 4.78 is 3.76. The fourth-order valence-corrected chi connectivity index (χ4v) is 2.85. The molecule has 1 unspecified atom stereocenters. The van der Waals surface area contributed by atoms with Crippen molar-refractivity contribution in [3.8, 4) is 0 Å². The molecule has 0 saturated heterocycles. The van der Waals surface area contributed by atoms with Crippen molar-refractivity contribution in [2.75, 3.05) is 13.1 Å². The van der Waals surface area contributed by atoms with Gasteiger partial charge >= 0.3 is 0 Å². The Bertz CT molecular complexity index is 659. The second-order valence-electron chi connectivity index (χ2n) is 5.73. The molecule has 1 amide bonds. The maximum Gasteiger partial charge on any atom is 0.241 e. The lowest BCUT2D eigenvalue weighted by Gasteiger charge is -2.23. The van der Waals surface area contributed by atoms with Gasteiger partial charge in [-0.05, 0) is 18.9 Å². The molecule has 118 valence electrons. The molecule has 0 aliphatic carbocycles. The molecule has 7 nitrogen and oxygen atoms in total. The molecule has 0 radical (unpaired) electrons. The molecule has 1 aliphatic rings. The van der Waals surface area contributed by atoms with Gasteiger partial charge in [0.15, 0.2) is 0 Å². The standard InChI is InChI=1S/C15H22N6O/c1-11-8-19-21(10-11)7-3-5-17-15(22)14-12-9-18-20(2)13(12)4-6-16-14/h8-10,14,16H,3-7H2,1-2H3,(H,17,22). The number of nitrogens with zero attached hydrogens (tertiary/aromatic N) is 4. The van der Waals surface area contributed by atoms with E-state index in [1.807, 2.05) is 35.7 Å². The molecule has 1 aliphatic heterocycles. The Morgan fingerprint density at radius 3 is 3.09 bits per heavy atom. The van der Waals surface area contributed by atoms with E-state index < -0.39 is 0 Å². The van der Waals surface area contributed by atoms with Crippen molar-refractivity contribution in [1.29, 1.82) is 0 Å². The minimum atomic E-state index is -0.288. The average molecular weight is 302 g/mol. The maximum atomic E-state index is 12.4. The number of carbonyl (C=O) groups excluding carboxylic acids is 1. The molecular formula is C15H22N6O. The van der Waals surface area contributed by atoms with Crippen LogP contribution in [-0.2, 0) is 24.8 Å². The molecule has 22 heavy (non-hydrogen) atoms. The number of fused-ring (bicyclic) bond motifs is 1. The van der Waals surface area contributed by atoms with Gasteiger partial charge in [0.25, 0.3) is 0 Å². The summed E-state index contributed by atoms with van der Waals surface area (Å²) in [6.45, 7) is 4.28. The zero-order valence-electron chi connectivity index (χ0n) is 13.0. The van der Waals surface area contributed by atoms with Crippen molar-refractivity contribution in [3.05, 3.63) is 35.4 Å². The van der Waals surface area contributed by atoms with Crippen LogP contribution in [-0.4, -0.2) is 38.6 Å². The number of hydrogen-bond donors (Lipinski definition) is 2. The molecule has 2 aromatic heterocycles. The van der Waals surface area contributed by atoms with E-state index in [4.69, 9.17) is 0 Å². The minimum Gasteiger partial charge on any atom is -0.354 e. The Labute approximate surface area is 129 Å². The fraction of sp³-hybridized carbons (Fsp3) is 0.533. The molecular weight excluding hydrogens is 280 g/mol. The van der Waals surface area contributed by atoms with Gasteiger partial charge in [0, 0.05) is 50.6 Å². The summed E-state index contributed by atoms with van der Waals surface area (Å²) in [6, 6.07) is -0.288. The first kappa shape index (κ1) is 14.8. The summed E-state index contributed by atoms with van der Waals surface area (Å²) >= 11 is 0. The van der Waals surface area contributed by atoms with Crippen LogP contribution in [0.5, 0.6) is 0 Å². The summed E-state index contributed by atoms with van der Waals surface area (Å²) in [7, 11) is 1.92. The number of hydrogen-bond acceptors (Lipinski definition) is 4. The van der Waals surface area contributed by atoms with Gasteiger partial charge < -0.3 is 10.6 Å². The van der Waals surface area contributed by atoms with E-state index in [1.54, 1.807) is 6.20 Å². The Hall–Kier alpha value is -2.15. The van der Waals surface area contributed by atoms with Crippen LogP contribution in [0.3, 0.4) is 0 Å². The lowest BCUT2D eigenvalue weighted by molar-refractivity contribution is -0.123. The molecule has 1 atom stereocenters. The number of carbonyl (C=O) groups is 1. The molecule has 2 aromatic rings. The Morgan fingerprint density at radius 1 is 1.45 bits per heavy atom. The van der Waals surface area contributed by atoms with Crippen LogP contribution in [0.4, 0.5) is 0 Å². The van der Waals surface area contributed by atoms with E-state index in [0.717, 1.165) is 42.8 Å². The van der Waals surface area contributed by atoms with Crippen molar-refractivity contribution in [2.24, 2.45) is 7.05 Å². The lowest BCUT2D eigenvalue weighted by Crippen LogP contribution is -2.41. The quantitative estimate of drug-likeness (QED) is 0.780. The van der Waals surface area contributed by atoms with Crippen molar-refractivity contribution >= 4 is 5.91 Å². The maximum absolute atomic E-state index is 12.4. The smallest absolute Gasteiger partial charge is 0.241 e. The highest BCUT2D eigenvalue weighted by molar-refractivity contribution is 5.83. The molecule has 0 aromatic carbocycles. The summed E-state index contributed by atoms with van der Waals surface area (Å²) in [4.78, 5) is 12.4. The van der Waals surface area contributed by atoms with Crippen LogP contribution >= 0.6 is 0 Å². The number of nitrogens with one attached hydrogen (secondary N) is 2. The lowest BCUT2D eigenvalue weighted by atomic mass is 10.0. The number of rotatable bonds is 5.